The van der Waals surface area contributed by atoms with Gasteiger partial charge in [-0.05, 0) is 42.7 Å². The summed E-state index contributed by atoms with van der Waals surface area (Å²) in [6, 6.07) is 3.76. The molecular formula is C20H23ClN6. The number of hydrogen-bond acceptors (Lipinski definition) is 5. The smallest absolute Gasteiger partial charge is 0.202 e. The third-order valence-electron chi connectivity index (χ3n) is 6.72. The summed E-state index contributed by atoms with van der Waals surface area (Å²) >= 11 is 6.22. The SMILES string of the molecule is C[C@@H]1CCCC12CCN(c1cnc3c(-c4cccnc4Cl)[nH]nc3n1)CC2. The van der Waals surface area contributed by atoms with Crippen LogP contribution in [-0.4, -0.2) is 38.2 Å². The molecule has 4 heterocycles. The van der Waals surface area contributed by atoms with Crippen molar-refractivity contribution in [1.29, 1.82) is 0 Å². The zero-order valence-corrected chi connectivity index (χ0v) is 16.2. The fraction of sp³-hybridized carbons (Fsp3) is 0.500. The van der Waals surface area contributed by atoms with Gasteiger partial charge in [0.05, 0.1) is 11.9 Å². The number of piperidine rings is 1. The average molecular weight is 383 g/mol. The zero-order valence-electron chi connectivity index (χ0n) is 15.5. The molecule has 0 unspecified atom stereocenters. The van der Waals surface area contributed by atoms with Gasteiger partial charge in [-0.25, -0.2) is 15.0 Å². The summed E-state index contributed by atoms with van der Waals surface area (Å²) in [6.45, 7) is 4.54. The number of aromatic amines is 1. The number of hydrogen-bond donors (Lipinski definition) is 1. The summed E-state index contributed by atoms with van der Waals surface area (Å²) in [5.74, 6) is 1.77. The number of fused-ring (bicyclic) bond motifs is 1. The Morgan fingerprint density at radius 3 is 2.81 bits per heavy atom. The molecular weight excluding hydrogens is 360 g/mol. The minimum atomic E-state index is 0.431. The molecule has 2 aliphatic rings. The first-order valence-corrected chi connectivity index (χ1v) is 10.1. The summed E-state index contributed by atoms with van der Waals surface area (Å²) in [7, 11) is 0. The molecule has 0 radical (unpaired) electrons. The fourth-order valence-corrected chi connectivity index (χ4v) is 5.15. The van der Waals surface area contributed by atoms with Crippen LogP contribution in [-0.2, 0) is 0 Å². The topological polar surface area (TPSA) is 70.6 Å². The Morgan fingerprint density at radius 1 is 1.22 bits per heavy atom. The molecule has 7 heteroatoms. The maximum absolute atomic E-state index is 6.22. The van der Waals surface area contributed by atoms with E-state index in [-0.39, 0.29) is 0 Å². The molecule has 140 valence electrons. The average Bonchev–Trinajstić information content (AvgIpc) is 3.26. The third kappa shape index (κ3) is 2.78. The molecule has 27 heavy (non-hydrogen) atoms. The Morgan fingerprint density at radius 2 is 2.07 bits per heavy atom. The Balaban J connectivity index is 1.41. The number of nitrogens with one attached hydrogen (secondary N) is 1. The molecule has 3 aromatic rings. The van der Waals surface area contributed by atoms with Crippen LogP contribution in [0.1, 0.15) is 39.0 Å². The van der Waals surface area contributed by atoms with Crippen molar-refractivity contribution in [2.24, 2.45) is 11.3 Å². The molecule has 5 rings (SSSR count). The minimum Gasteiger partial charge on any atom is -0.355 e. The van der Waals surface area contributed by atoms with E-state index >= 15 is 0 Å². The maximum Gasteiger partial charge on any atom is 0.202 e. The van der Waals surface area contributed by atoms with Crippen molar-refractivity contribution in [3.05, 3.63) is 29.7 Å². The van der Waals surface area contributed by atoms with Gasteiger partial charge in [0.15, 0.2) is 0 Å². The van der Waals surface area contributed by atoms with Gasteiger partial charge in [0.2, 0.25) is 5.65 Å². The zero-order chi connectivity index (χ0) is 18.4. The van der Waals surface area contributed by atoms with Crippen LogP contribution in [0.5, 0.6) is 0 Å². The van der Waals surface area contributed by atoms with E-state index in [0.717, 1.165) is 41.6 Å². The Kier molecular flexibility index (Phi) is 4.04. The Bertz CT molecular complexity index is 976. The van der Waals surface area contributed by atoms with Crippen molar-refractivity contribution in [2.45, 2.75) is 39.0 Å². The largest absolute Gasteiger partial charge is 0.355 e. The lowest BCUT2D eigenvalue weighted by Crippen LogP contribution is -2.41. The lowest BCUT2D eigenvalue weighted by molar-refractivity contribution is 0.161. The van der Waals surface area contributed by atoms with E-state index < -0.39 is 0 Å². The first-order valence-electron chi connectivity index (χ1n) is 9.73. The van der Waals surface area contributed by atoms with Crippen LogP contribution < -0.4 is 4.90 Å². The fourth-order valence-electron chi connectivity index (χ4n) is 4.94. The second-order valence-electron chi connectivity index (χ2n) is 7.98. The molecule has 1 saturated heterocycles. The van der Waals surface area contributed by atoms with Gasteiger partial charge in [0.1, 0.15) is 16.5 Å². The second-order valence-corrected chi connectivity index (χ2v) is 8.34. The van der Waals surface area contributed by atoms with Gasteiger partial charge < -0.3 is 4.90 Å². The third-order valence-corrected chi connectivity index (χ3v) is 7.02. The number of halogens is 1. The maximum atomic E-state index is 6.22. The number of pyridine rings is 1. The number of anilines is 1. The van der Waals surface area contributed by atoms with E-state index in [1.54, 1.807) is 6.20 Å². The lowest BCUT2D eigenvalue weighted by atomic mass is 9.71. The molecule has 1 N–H and O–H groups in total. The minimum absolute atomic E-state index is 0.431. The van der Waals surface area contributed by atoms with Crippen LogP contribution in [0.2, 0.25) is 5.15 Å². The van der Waals surface area contributed by atoms with Gasteiger partial charge in [-0.3, -0.25) is 5.10 Å². The molecule has 1 saturated carbocycles. The van der Waals surface area contributed by atoms with Crippen molar-refractivity contribution in [2.75, 3.05) is 18.0 Å². The van der Waals surface area contributed by atoms with Gasteiger partial charge in [-0.15, -0.1) is 0 Å². The predicted octanol–water partition coefficient (Wildman–Crippen LogP) is 4.47. The first-order chi connectivity index (χ1) is 13.2. The molecule has 1 aliphatic carbocycles. The van der Waals surface area contributed by atoms with E-state index in [1.165, 1.54) is 32.1 Å². The van der Waals surface area contributed by atoms with Gasteiger partial charge in [-0.1, -0.05) is 31.4 Å². The number of H-pyrrole nitrogens is 1. The van der Waals surface area contributed by atoms with Crippen LogP contribution in [0.15, 0.2) is 24.5 Å². The molecule has 1 aliphatic heterocycles. The summed E-state index contributed by atoms with van der Waals surface area (Å²) < 4.78 is 0. The normalized spacial score (nSPS) is 22.0. The van der Waals surface area contributed by atoms with Gasteiger partial charge in [0.25, 0.3) is 0 Å². The van der Waals surface area contributed by atoms with Gasteiger partial charge in [0, 0.05) is 24.8 Å². The molecule has 1 spiro atoms. The number of aromatic nitrogens is 5. The quantitative estimate of drug-likeness (QED) is 0.662. The summed E-state index contributed by atoms with van der Waals surface area (Å²) in [5.41, 5.74) is 3.46. The van der Waals surface area contributed by atoms with Crippen molar-refractivity contribution < 1.29 is 0 Å². The molecule has 1 atom stereocenters. The van der Waals surface area contributed by atoms with Gasteiger partial charge >= 0.3 is 0 Å². The molecule has 0 amide bonds. The van der Waals surface area contributed by atoms with Gasteiger partial charge in [-0.2, -0.15) is 5.10 Å². The number of nitrogens with zero attached hydrogens (tertiary/aromatic N) is 5. The predicted molar refractivity (Wildman–Crippen MR) is 107 cm³/mol. The van der Waals surface area contributed by atoms with Crippen LogP contribution in [0.3, 0.4) is 0 Å². The summed E-state index contributed by atoms with van der Waals surface area (Å²) in [6.07, 6.45) is 10.2. The molecule has 0 bridgehead atoms. The van der Waals surface area contributed by atoms with Crippen LogP contribution in [0.25, 0.3) is 22.4 Å². The Labute approximate surface area is 163 Å². The van der Waals surface area contributed by atoms with Crippen molar-refractivity contribution >= 4 is 28.6 Å². The monoisotopic (exact) mass is 382 g/mol. The summed E-state index contributed by atoms with van der Waals surface area (Å²) in [4.78, 5) is 15.9. The summed E-state index contributed by atoms with van der Waals surface area (Å²) in [5, 5.41) is 7.82. The van der Waals surface area contributed by atoms with E-state index in [1.807, 2.05) is 18.3 Å². The molecule has 0 aromatic carbocycles. The van der Waals surface area contributed by atoms with E-state index in [4.69, 9.17) is 16.6 Å². The van der Waals surface area contributed by atoms with Crippen LogP contribution in [0, 0.1) is 11.3 Å². The number of rotatable bonds is 2. The van der Waals surface area contributed by atoms with E-state index in [2.05, 4.69) is 32.0 Å². The molecule has 6 nitrogen and oxygen atoms in total. The molecule has 3 aromatic heterocycles. The highest BCUT2D eigenvalue weighted by molar-refractivity contribution is 6.32. The van der Waals surface area contributed by atoms with Crippen molar-refractivity contribution in [1.82, 2.24) is 25.1 Å². The van der Waals surface area contributed by atoms with E-state index in [9.17, 15) is 0 Å². The highest BCUT2D eigenvalue weighted by atomic mass is 35.5. The first kappa shape index (κ1) is 16.9. The standard InChI is InChI=1S/C20H23ClN6/c1-13-4-2-6-20(13)7-10-27(11-8-20)15-12-23-17-16(25-26-19(17)24-15)14-5-3-9-22-18(14)21/h3,5,9,12-13H,2,4,6-8,10-11H2,1H3,(H,24,25,26)/t13-/m1/s1. The highest BCUT2D eigenvalue weighted by Gasteiger charge is 2.42. The van der Waals surface area contributed by atoms with Crippen molar-refractivity contribution in [3.8, 4) is 11.3 Å². The van der Waals surface area contributed by atoms with Crippen LogP contribution >= 0.6 is 11.6 Å². The van der Waals surface area contributed by atoms with Crippen molar-refractivity contribution in [3.63, 3.8) is 0 Å². The second kappa shape index (κ2) is 6.44. The molecule has 2 fully saturated rings. The highest BCUT2D eigenvalue weighted by Crippen LogP contribution is 2.50. The van der Waals surface area contributed by atoms with Crippen LogP contribution in [0.4, 0.5) is 5.82 Å². The Hall–Kier alpha value is -2.21. The lowest BCUT2D eigenvalue weighted by Gasteiger charge is -2.42. The van der Waals surface area contributed by atoms with E-state index in [0.29, 0.717) is 16.2 Å².